The highest BCUT2D eigenvalue weighted by Gasteiger charge is 2.20. The fraction of sp³-hybridized carbons (Fsp3) is 0.278. The molecule has 24 heavy (non-hydrogen) atoms. The standard InChI is InChI=1S/C18H18ClNO3S/c19-14-5-3-4-13(8-14)11-24-12-18(21)20-9-15-10-22-16-6-1-2-7-17(16)23-15/h1-8,15H,9-12H2,(H,20,21)/t15-/m1/s1. The van der Waals surface area contributed by atoms with E-state index in [0.717, 1.165) is 22.8 Å². The van der Waals surface area contributed by atoms with Crippen molar-refractivity contribution in [3.05, 3.63) is 59.1 Å². The first-order valence-corrected chi connectivity index (χ1v) is 9.21. The number of ether oxygens (including phenoxy) is 2. The molecule has 2 aromatic rings. The monoisotopic (exact) mass is 363 g/mol. The van der Waals surface area contributed by atoms with Crippen LogP contribution >= 0.6 is 23.4 Å². The van der Waals surface area contributed by atoms with E-state index in [0.29, 0.717) is 23.9 Å². The minimum absolute atomic E-state index is 0.00973. The van der Waals surface area contributed by atoms with Crippen LogP contribution in [-0.2, 0) is 10.5 Å². The van der Waals surface area contributed by atoms with Gasteiger partial charge in [0.25, 0.3) is 0 Å². The highest BCUT2D eigenvalue weighted by Crippen LogP contribution is 2.30. The van der Waals surface area contributed by atoms with Crippen molar-refractivity contribution in [2.45, 2.75) is 11.9 Å². The summed E-state index contributed by atoms with van der Waals surface area (Å²) in [5, 5.41) is 3.61. The number of benzene rings is 2. The Morgan fingerprint density at radius 3 is 2.88 bits per heavy atom. The number of rotatable bonds is 6. The number of hydrogen-bond acceptors (Lipinski definition) is 4. The van der Waals surface area contributed by atoms with Crippen LogP contribution in [0.3, 0.4) is 0 Å². The van der Waals surface area contributed by atoms with E-state index in [1.54, 1.807) is 11.8 Å². The second-order valence-corrected chi connectivity index (χ2v) is 6.85. The van der Waals surface area contributed by atoms with E-state index in [9.17, 15) is 4.79 Å². The maximum atomic E-state index is 11.9. The summed E-state index contributed by atoms with van der Waals surface area (Å²) >= 11 is 7.50. The largest absolute Gasteiger partial charge is 0.486 e. The molecule has 0 spiro atoms. The number of fused-ring (bicyclic) bond motifs is 1. The minimum Gasteiger partial charge on any atom is -0.486 e. The van der Waals surface area contributed by atoms with Crippen LogP contribution in [0.2, 0.25) is 5.02 Å². The zero-order chi connectivity index (χ0) is 16.8. The fourth-order valence-electron chi connectivity index (χ4n) is 2.33. The molecule has 0 aliphatic carbocycles. The molecular formula is C18H18ClNO3S. The lowest BCUT2D eigenvalue weighted by molar-refractivity contribution is -0.119. The Bertz CT molecular complexity index is 710. The van der Waals surface area contributed by atoms with Crippen LogP contribution in [0, 0.1) is 0 Å². The summed E-state index contributed by atoms with van der Waals surface area (Å²) in [7, 11) is 0. The van der Waals surface area contributed by atoms with Gasteiger partial charge in [0.1, 0.15) is 12.7 Å². The third kappa shape index (κ3) is 4.82. The van der Waals surface area contributed by atoms with Gasteiger partial charge >= 0.3 is 0 Å². The van der Waals surface area contributed by atoms with Crippen LogP contribution in [-0.4, -0.2) is 30.9 Å². The highest BCUT2D eigenvalue weighted by molar-refractivity contribution is 7.99. The van der Waals surface area contributed by atoms with E-state index in [1.165, 1.54) is 0 Å². The number of nitrogens with one attached hydrogen (secondary N) is 1. The molecule has 0 bridgehead atoms. The topological polar surface area (TPSA) is 47.6 Å². The Labute approximate surface area is 150 Å². The predicted octanol–water partition coefficient (Wildman–Crippen LogP) is 3.53. The molecule has 1 N–H and O–H groups in total. The number of halogens is 1. The zero-order valence-electron chi connectivity index (χ0n) is 13.0. The fourth-order valence-corrected chi connectivity index (χ4v) is 3.35. The molecule has 0 fully saturated rings. The molecule has 3 rings (SSSR count). The smallest absolute Gasteiger partial charge is 0.230 e. The van der Waals surface area contributed by atoms with E-state index in [1.807, 2.05) is 48.5 Å². The van der Waals surface area contributed by atoms with Crippen LogP contribution in [0.5, 0.6) is 11.5 Å². The van der Waals surface area contributed by atoms with Gasteiger partial charge < -0.3 is 14.8 Å². The molecule has 1 aliphatic rings. The molecule has 0 unspecified atom stereocenters. The number of thioether (sulfide) groups is 1. The van der Waals surface area contributed by atoms with Crippen LogP contribution < -0.4 is 14.8 Å². The number of para-hydroxylation sites is 2. The van der Waals surface area contributed by atoms with Crippen molar-refractivity contribution in [2.75, 3.05) is 18.9 Å². The molecule has 6 heteroatoms. The summed E-state index contributed by atoms with van der Waals surface area (Å²) in [6.07, 6.45) is -0.165. The first-order chi connectivity index (χ1) is 11.7. The van der Waals surface area contributed by atoms with Crippen molar-refractivity contribution >= 4 is 29.3 Å². The zero-order valence-corrected chi connectivity index (χ0v) is 14.6. The molecule has 1 heterocycles. The van der Waals surface area contributed by atoms with Gasteiger partial charge in [0, 0.05) is 10.8 Å². The Morgan fingerprint density at radius 2 is 2.04 bits per heavy atom. The van der Waals surface area contributed by atoms with Crippen molar-refractivity contribution in [1.29, 1.82) is 0 Å². The summed E-state index contributed by atoms with van der Waals surface area (Å²) in [5.41, 5.74) is 1.11. The lowest BCUT2D eigenvalue weighted by Crippen LogP contribution is -2.41. The van der Waals surface area contributed by atoms with E-state index in [4.69, 9.17) is 21.1 Å². The van der Waals surface area contributed by atoms with Gasteiger partial charge in [-0.15, -0.1) is 11.8 Å². The van der Waals surface area contributed by atoms with Gasteiger partial charge in [-0.2, -0.15) is 0 Å². The van der Waals surface area contributed by atoms with Crippen LogP contribution in [0.4, 0.5) is 0 Å². The summed E-state index contributed by atoms with van der Waals surface area (Å²) in [6, 6.07) is 15.2. The summed E-state index contributed by atoms with van der Waals surface area (Å²) in [6.45, 7) is 0.873. The maximum Gasteiger partial charge on any atom is 0.230 e. The molecule has 1 amide bonds. The molecule has 1 atom stereocenters. The Morgan fingerprint density at radius 1 is 1.21 bits per heavy atom. The van der Waals surface area contributed by atoms with E-state index < -0.39 is 0 Å². The van der Waals surface area contributed by atoms with Crippen LogP contribution in [0.1, 0.15) is 5.56 Å². The summed E-state index contributed by atoms with van der Waals surface area (Å²) in [5.74, 6) is 2.61. The van der Waals surface area contributed by atoms with Gasteiger partial charge in [0.2, 0.25) is 5.91 Å². The number of carbonyl (C=O) groups excluding carboxylic acids is 1. The summed E-state index contributed by atoms with van der Waals surface area (Å²) < 4.78 is 11.4. The molecule has 1 aliphatic heterocycles. The molecule has 0 saturated heterocycles. The van der Waals surface area contributed by atoms with Gasteiger partial charge in [-0.25, -0.2) is 0 Å². The molecule has 2 aromatic carbocycles. The summed E-state index contributed by atoms with van der Waals surface area (Å²) in [4.78, 5) is 11.9. The van der Waals surface area contributed by atoms with Gasteiger partial charge in [-0.1, -0.05) is 35.9 Å². The maximum absolute atomic E-state index is 11.9. The van der Waals surface area contributed by atoms with E-state index >= 15 is 0 Å². The number of amides is 1. The van der Waals surface area contributed by atoms with Gasteiger partial charge in [-0.3, -0.25) is 4.79 Å². The first-order valence-electron chi connectivity index (χ1n) is 7.68. The van der Waals surface area contributed by atoms with Gasteiger partial charge in [0.05, 0.1) is 12.3 Å². The molecule has 0 saturated carbocycles. The van der Waals surface area contributed by atoms with Gasteiger partial charge in [0.15, 0.2) is 11.5 Å². The third-order valence-corrected chi connectivity index (χ3v) is 4.72. The van der Waals surface area contributed by atoms with Crippen molar-refractivity contribution in [2.24, 2.45) is 0 Å². The second kappa shape index (κ2) is 8.31. The molecule has 4 nitrogen and oxygen atoms in total. The average molecular weight is 364 g/mol. The highest BCUT2D eigenvalue weighted by atomic mass is 35.5. The number of hydrogen-bond donors (Lipinski definition) is 1. The molecular weight excluding hydrogens is 346 g/mol. The lowest BCUT2D eigenvalue weighted by Gasteiger charge is -2.26. The molecule has 0 aromatic heterocycles. The average Bonchev–Trinajstić information content (AvgIpc) is 2.60. The number of carbonyl (C=O) groups is 1. The third-order valence-electron chi connectivity index (χ3n) is 3.49. The quantitative estimate of drug-likeness (QED) is 0.853. The molecule has 0 radical (unpaired) electrons. The van der Waals surface area contributed by atoms with Crippen LogP contribution in [0.15, 0.2) is 48.5 Å². The molecule has 126 valence electrons. The van der Waals surface area contributed by atoms with Crippen molar-refractivity contribution in [3.8, 4) is 11.5 Å². The van der Waals surface area contributed by atoms with Crippen molar-refractivity contribution in [3.63, 3.8) is 0 Å². The Balaban J connectivity index is 1.37. The normalized spacial score (nSPS) is 15.8. The van der Waals surface area contributed by atoms with Crippen molar-refractivity contribution < 1.29 is 14.3 Å². The predicted molar refractivity (Wildman–Crippen MR) is 97.0 cm³/mol. The first kappa shape index (κ1) is 17.0. The second-order valence-electron chi connectivity index (χ2n) is 5.42. The Kier molecular flexibility index (Phi) is 5.88. The van der Waals surface area contributed by atoms with E-state index in [2.05, 4.69) is 5.32 Å². The van der Waals surface area contributed by atoms with Crippen LogP contribution in [0.25, 0.3) is 0 Å². The SMILES string of the molecule is O=C(CSCc1cccc(Cl)c1)NC[C@@H]1COc2ccccc2O1. The van der Waals surface area contributed by atoms with Gasteiger partial charge in [-0.05, 0) is 29.8 Å². The van der Waals surface area contributed by atoms with Crippen molar-refractivity contribution in [1.82, 2.24) is 5.32 Å². The Hall–Kier alpha value is -1.85. The lowest BCUT2D eigenvalue weighted by atomic mass is 10.2. The minimum atomic E-state index is -0.165. The van der Waals surface area contributed by atoms with E-state index in [-0.39, 0.29) is 12.0 Å².